The maximum atomic E-state index is 5.36. The fourth-order valence-corrected chi connectivity index (χ4v) is 2.01. The minimum absolute atomic E-state index is 0.173. The Morgan fingerprint density at radius 3 is 2.93 bits per heavy atom. The minimum atomic E-state index is 0.173. The second-order valence-electron chi connectivity index (χ2n) is 3.25. The predicted molar refractivity (Wildman–Crippen MR) is 60.0 cm³/mol. The van der Waals surface area contributed by atoms with Crippen LogP contribution in [0.3, 0.4) is 0 Å². The van der Waals surface area contributed by atoms with Crippen molar-refractivity contribution in [1.82, 2.24) is 10.2 Å². The second kappa shape index (κ2) is 4.44. The first kappa shape index (κ1) is 10.2. The van der Waals surface area contributed by atoms with Crippen LogP contribution in [0.15, 0.2) is 22.8 Å². The Morgan fingerprint density at radius 1 is 1.53 bits per heavy atom. The molecule has 1 unspecified atom stereocenters. The van der Waals surface area contributed by atoms with E-state index in [0.717, 1.165) is 22.3 Å². The molecule has 0 fully saturated rings. The Morgan fingerprint density at radius 2 is 2.40 bits per heavy atom. The molecule has 15 heavy (non-hydrogen) atoms. The number of hydrogen-bond donors (Lipinski definition) is 1. The van der Waals surface area contributed by atoms with Crippen LogP contribution >= 0.6 is 11.3 Å². The Bertz CT molecular complexity index is 410. The molecule has 80 valence electrons. The first-order chi connectivity index (χ1) is 7.29. The average molecular weight is 223 g/mol. The Kier molecular flexibility index (Phi) is 3.01. The minimum Gasteiger partial charge on any atom is -0.467 e. The Balaban J connectivity index is 2.09. The normalized spacial score (nSPS) is 12.7. The molecule has 1 N–H and O–H groups in total. The molecule has 0 aliphatic carbocycles. The maximum Gasteiger partial charge on any atom is 0.206 e. The lowest BCUT2D eigenvalue weighted by Gasteiger charge is -2.12. The third-order valence-corrected chi connectivity index (χ3v) is 2.89. The molecule has 1 atom stereocenters. The van der Waals surface area contributed by atoms with Gasteiger partial charge in [0.05, 0.1) is 12.3 Å². The lowest BCUT2D eigenvalue weighted by atomic mass is 10.2. The summed E-state index contributed by atoms with van der Waals surface area (Å²) in [7, 11) is 0. The molecule has 2 heterocycles. The van der Waals surface area contributed by atoms with Crippen molar-refractivity contribution in [3.8, 4) is 0 Å². The molecule has 0 amide bonds. The molecule has 0 bridgehead atoms. The van der Waals surface area contributed by atoms with E-state index < -0.39 is 0 Å². The van der Waals surface area contributed by atoms with Crippen LogP contribution in [0.2, 0.25) is 0 Å². The van der Waals surface area contributed by atoms with Gasteiger partial charge >= 0.3 is 0 Å². The molecule has 0 aliphatic heterocycles. The van der Waals surface area contributed by atoms with Crippen molar-refractivity contribution in [3.05, 3.63) is 29.2 Å². The van der Waals surface area contributed by atoms with E-state index in [9.17, 15) is 0 Å². The lowest BCUT2D eigenvalue weighted by molar-refractivity contribution is 0.473. The molecule has 2 aromatic rings. The standard InChI is InChI=1S/C10H13N3OS/c1-3-8(9-5-4-6-14-9)11-10-13-12-7(2)15-10/h4-6,8H,3H2,1-2H3,(H,11,13). The van der Waals surface area contributed by atoms with E-state index in [-0.39, 0.29) is 6.04 Å². The average Bonchev–Trinajstić information content (AvgIpc) is 2.85. The number of anilines is 1. The van der Waals surface area contributed by atoms with Gasteiger partial charge in [-0.05, 0) is 25.5 Å². The topological polar surface area (TPSA) is 51.0 Å². The van der Waals surface area contributed by atoms with Crippen LogP contribution in [0.25, 0.3) is 0 Å². The van der Waals surface area contributed by atoms with Gasteiger partial charge in [-0.1, -0.05) is 18.3 Å². The molecule has 0 saturated carbocycles. The van der Waals surface area contributed by atoms with Gasteiger partial charge in [0.2, 0.25) is 5.13 Å². The first-order valence-electron chi connectivity index (χ1n) is 4.89. The molecule has 5 heteroatoms. The highest BCUT2D eigenvalue weighted by Gasteiger charge is 2.13. The largest absolute Gasteiger partial charge is 0.467 e. The summed E-state index contributed by atoms with van der Waals surface area (Å²) in [5, 5.41) is 13.1. The molecular weight excluding hydrogens is 210 g/mol. The van der Waals surface area contributed by atoms with Gasteiger partial charge in [-0.3, -0.25) is 0 Å². The zero-order chi connectivity index (χ0) is 10.7. The summed E-state index contributed by atoms with van der Waals surface area (Å²) >= 11 is 1.55. The maximum absolute atomic E-state index is 5.36. The highest BCUT2D eigenvalue weighted by Crippen LogP contribution is 2.24. The highest BCUT2D eigenvalue weighted by molar-refractivity contribution is 7.15. The SMILES string of the molecule is CCC(Nc1nnc(C)s1)c1ccco1. The van der Waals surface area contributed by atoms with E-state index in [1.165, 1.54) is 0 Å². The van der Waals surface area contributed by atoms with Crippen molar-refractivity contribution in [2.75, 3.05) is 5.32 Å². The number of nitrogens with one attached hydrogen (secondary N) is 1. The number of rotatable bonds is 4. The van der Waals surface area contributed by atoms with Gasteiger partial charge in [-0.25, -0.2) is 0 Å². The summed E-state index contributed by atoms with van der Waals surface area (Å²) in [6.45, 7) is 4.05. The van der Waals surface area contributed by atoms with E-state index in [0.29, 0.717) is 0 Å². The molecule has 4 nitrogen and oxygen atoms in total. The van der Waals surface area contributed by atoms with E-state index in [2.05, 4.69) is 22.4 Å². The summed E-state index contributed by atoms with van der Waals surface area (Å²) in [6.07, 6.45) is 2.64. The van der Waals surface area contributed by atoms with Gasteiger partial charge in [0, 0.05) is 0 Å². The fraction of sp³-hybridized carbons (Fsp3) is 0.400. The van der Waals surface area contributed by atoms with E-state index in [1.54, 1.807) is 17.6 Å². The highest BCUT2D eigenvalue weighted by atomic mass is 32.1. The van der Waals surface area contributed by atoms with Crippen molar-refractivity contribution in [1.29, 1.82) is 0 Å². The van der Waals surface area contributed by atoms with E-state index in [4.69, 9.17) is 4.42 Å². The summed E-state index contributed by atoms with van der Waals surface area (Å²) in [5.41, 5.74) is 0. The van der Waals surface area contributed by atoms with Gasteiger partial charge in [0.15, 0.2) is 0 Å². The number of aromatic nitrogens is 2. The zero-order valence-corrected chi connectivity index (χ0v) is 9.54. The van der Waals surface area contributed by atoms with E-state index in [1.807, 2.05) is 19.1 Å². The van der Waals surface area contributed by atoms with Crippen molar-refractivity contribution in [2.24, 2.45) is 0 Å². The zero-order valence-electron chi connectivity index (χ0n) is 8.73. The molecule has 0 aliphatic rings. The predicted octanol–water partition coefficient (Wildman–Crippen LogP) is 3.00. The van der Waals surface area contributed by atoms with E-state index >= 15 is 0 Å². The van der Waals surface area contributed by atoms with Gasteiger partial charge in [-0.15, -0.1) is 10.2 Å². The van der Waals surface area contributed by atoms with Crippen LogP contribution in [0.5, 0.6) is 0 Å². The van der Waals surface area contributed by atoms with Gasteiger partial charge < -0.3 is 9.73 Å². The van der Waals surface area contributed by atoms with Crippen molar-refractivity contribution < 1.29 is 4.42 Å². The summed E-state index contributed by atoms with van der Waals surface area (Å²) in [5.74, 6) is 0.936. The first-order valence-corrected chi connectivity index (χ1v) is 5.71. The number of furan rings is 1. The summed E-state index contributed by atoms with van der Waals surface area (Å²) in [4.78, 5) is 0. The number of aryl methyl sites for hydroxylation is 1. The summed E-state index contributed by atoms with van der Waals surface area (Å²) < 4.78 is 5.36. The molecule has 0 radical (unpaired) electrons. The monoisotopic (exact) mass is 223 g/mol. The molecule has 2 aromatic heterocycles. The number of nitrogens with zero attached hydrogens (tertiary/aromatic N) is 2. The third-order valence-electron chi connectivity index (χ3n) is 2.12. The van der Waals surface area contributed by atoms with Crippen LogP contribution in [0.4, 0.5) is 5.13 Å². The van der Waals surface area contributed by atoms with Crippen LogP contribution in [0, 0.1) is 6.92 Å². The van der Waals surface area contributed by atoms with Crippen LogP contribution in [-0.4, -0.2) is 10.2 Å². The van der Waals surface area contributed by atoms with Crippen molar-refractivity contribution >= 4 is 16.5 Å². The van der Waals surface area contributed by atoms with Crippen molar-refractivity contribution in [3.63, 3.8) is 0 Å². The molecule has 2 rings (SSSR count). The molecular formula is C10H13N3OS. The smallest absolute Gasteiger partial charge is 0.206 e. The van der Waals surface area contributed by atoms with Crippen LogP contribution in [0.1, 0.15) is 30.2 Å². The number of hydrogen-bond acceptors (Lipinski definition) is 5. The van der Waals surface area contributed by atoms with Gasteiger partial charge in [0.25, 0.3) is 0 Å². The molecule has 0 saturated heterocycles. The summed E-state index contributed by atoms with van der Waals surface area (Å²) in [6, 6.07) is 4.03. The van der Waals surface area contributed by atoms with Crippen LogP contribution < -0.4 is 5.32 Å². The van der Waals surface area contributed by atoms with Gasteiger partial charge in [-0.2, -0.15) is 0 Å². The second-order valence-corrected chi connectivity index (χ2v) is 4.43. The Hall–Kier alpha value is -1.36. The van der Waals surface area contributed by atoms with Crippen LogP contribution in [-0.2, 0) is 0 Å². The quantitative estimate of drug-likeness (QED) is 0.865. The van der Waals surface area contributed by atoms with Gasteiger partial charge in [0.1, 0.15) is 10.8 Å². The fourth-order valence-electron chi connectivity index (χ4n) is 1.37. The lowest BCUT2D eigenvalue weighted by Crippen LogP contribution is -2.08. The molecule has 0 spiro atoms. The Labute approximate surface area is 92.3 Å². The third kappa shape index (κ3) is 2.36. The van der Waals surface area contributed by atoms with Crippen molar-refractivity contribution in [2.45, 2.75) is 26.3 Å². The molecule has 0 aromatic carbocycles.